The van der Waals surface area contributed by atoms with Gasteiger partial charge in [0.05, 0.1) is 6.61 Å². The second-order valence-electron chi connectivity index (χ2n) is 7.56. The van der Waals surface area contributed by atoms with Gasteiger partial charge in [-0.25, -0.2) is 4.39 Å². The smallest absolute Gasteiger partial charge is 0.247 e. The summed E-state index contributed by atoms with van der Waals surface area (Å²) in [5.41, 5.74) is 2.15. The number of carbonyl (C=O) groups is 2. The zero-order valence-electron chi connectivity index (χ0n) is 16.7. The maximum Gasteiger partial charge on any atom is 0.247 e. The third-order valence-corrected chi connectivity index (χ3v) is 5.48. The maximum atomic E-state index is 13.9. The fourth-order valence-corrected chi connectivity index (χ4v) is 4.07. The van der Waals surface area contributed by atoms with Crippen molar-refractivity contribution in [1.29, 1.82) is 0 Å². The monoisotopic (exact) mass is 412 g/mol. The van der Waals surface area contributed by atoms with Gasteiger partial charge >= 0.3 is 0 Å². The van der Waals surface area contributed by atoms with Crippen LogP contribution in [0.2, 0.25) is 0 Å². The normalized spacial score (nSPS) is 17.1. The maximum absolute atomic E-state index is 13.9. The first-order chi connectivity index (χ1) is 14.6. The topological polar surface area (TPSA) is 67.9 Å². The van der Waals surface area contributed by atoms with Gasteiger partial charge in [-0.05, 0) is 42.5 Å². The summed E-state index contributed by atoms with van der Waals surface area (Å²) in [7, 11) is 0. The van der Waals surface area contributed by atoms with E-state index in [1.165, 1.54) is 12.1 Å². The van der Waals surface area contributed by atoms with Crippen LogP contribution in [0, 0.1) is 5.82 Å². The highest BCUT2D eigenvalue weighted by Crippen LogP contribution is 2.30. The first kappa shape index (κ1) is 20.3. The minimum atomic E-state index is -0.662. The van der Waals surface area contributed by atoms with Crippen LogP contribution in [0.5, 0.6) is 5.75 Å². The van der Waals surface area contributed by atoms with Gasteiger partial charge in [0.1, 0.15) is 17.6 Å². The van der Waals surface area contributed by atoms with Gasteiger partial charge in [0, 0.05) is 25.1 Å². The zero-order valence-corrected chi connectivity index (χ0v) is 16.7. The summed E-state index contributed by atoms with van der Waals surface area (Å²) in [5.74, 6) is 0.0387. The van der Waals surface area contributed by atoms with Crippen molar-refractivity contribution in [2.75, 3.05) is 19.9 Å². The molecule has 2 amide bonds. The molecule has 158 valence electrons. The Balaban J connectivity index is 1.47. The summed E-state index contributed by atoms with van der Waals surface area (Å²) in [6.07, 6.45) is 2.62. The number of likely N-dealkylation sites (tertiary alicyclic amines) is 1. The lowest BCUT2D eigenvalue weighted by Gasteiger charge is -2.34. The Kier molecular flexibility index (Phi) is 6.28. The molecule has 30 heavy (non-hydrogen) atoms. The molecular formula is C23H25FN2O4. The number of piperidine rings is 1. The van der Waals surface area contributed by atoms with E-state index >= 15 is 0 Å². The number of benzene rings is 2. The number of fused-ring (bicyclic) bond motifs is 1. The van der Waals surface area contributed by atoms with Crippen molar-refractivity contribution < 1.29 is 23.5 Å². The predicted octanol–water partition coefficient (Wildman–Crippen LogP) is 3.10. The number of hydrogen-bond donors (Lipinski definition) is 1. The molecule has 0 bridgehead atoms. The van der Waals surface area contributed by atoms with E-state index in [0.29, 0.717) is 49.4 Å². The minimum Gasteiger partial charge on any atom is -0.467 e. The zero-order chi connectivity index (χ0) is 20.9. The Hall–Kier alpha value is -2.93. The second-order valence-corrected chi connectivity index (χ2v) is 7.56. The van der Waals surface area contributed by atoms with Gasteiger partial charge in [0.2, 0.25) is 11.8 Å². The molecule has 1 saturated heterocycles. The van der Waals surface area contributed by atoms with E-state index in [0.717, 1.165) is 18.4 Å². The van der Waals surface area contributed by atoms with Crippen LogP contribution >= 0.6 is 0 Å². The molecule has 0 aliphatic carbocycles. The molecule has 2 heterocycles. The fourth-order valence-electron chi connectivity index (χ4n) is 4.07. The molecule has 1 unspecified atom stereocenters. The quantitative estimate of drug-likeness (QED) is 0.792. The number of nitrogens with zero attached hydrogens (tertiary/aromatic N) is 1. The second kappa shape index (κ2) is 9.26. The Morgan fingerprint density at radius 1 is 1.20 bits per heavy atom. The summed E-state index contributed by atoms with van der Waals surface area (Å²) >= 11 is 0. The number of amides is 2. The lowest BCUT2D eigenvalue weighted by atomic mass is 10.00. The van der Waals surface area contributed by atoms with Crippen molar-refractivity contribution in [3.05, 3.63) is 65.0 Å². The third kappa shape index (κ3) is 4.46. The number of ether oxygens (including phenoxy) is 2. The van der Waals surface area contributed by atoms with E-state index in [2.05, 4.69) is 5.32 Å². The van der Waals surface area contributed by atoms with Crippen LogP contribution in [-0.4, -0.2) is 36.6 Å². The summed E-state index contributed by atoms with van der Waals surface area (Å²) in [6.45, 7) is 1.31. The largest absolute Gasteiger partial charge is 0.467 e. The molecule has 4 rings (SSSR count). The van der Waals surface area contributed by atoms with Crippen LogP contribution in [0.1, 0.15) is 42.0 Å². The molecule has 2 aliphatic heterocycles. The summed E-state index contributed by atoms with van der Waals surface area (Å²) in [5, 5.41) is 2.93. The molecule has 1 fully saturated rings. The van der Waals surface area contributed by atoms with Crippen molar-refractivity contribution in [3.63, 3.8) is 0 Å². The molecule has 1 N–H and O–H groups in total. The number of carbonyl (C=O) groups excluding carboxylic acids is 2. The molecule has 0 spiro atoms. The van der Waals surface area contributed by atoms with Crippen molar-refractivity contribution in [2.24, 2.45) is 0 Å². The summed E-state index contributed by atoms with van der Waals surface area (Å²) in [4.78, 5) is 27.3. The van der Waals surface area contributed by atoms with Crippen LogP contribution in [0.4, 0.5) is 4.39 Å². The first-order valence-corrected chi connectivity index (χ1v) is 10.3. The Morgan fingerprint density at radius 2 is 2.03 bits per heavy atom. The van der Waals surface area contributed by atoms with Crippen LogP contribution < -0.4 is 10.1 Å². The molecular weight excluding hydrogens is 387 g/mol. The van der Waals surface area contributed by atoms with Crippen molar-refractivity contribution in [1.82, 2.24) is 10.2 Å². The average Bonchev–Trinajstić information content (AvgIpc) is 2.76. The third-order valence-electron chi connectivity index (χ3n) is 5.48. The van der Waals surface area contributed by atoms with Gasteiger partial charge < -0.3 is 19.7 Å². The average molecular weight is 412 g/mol. The minimum absolute atomic E-state index is 0.00199. The Bertz CT molecular complexity index is 919. The lowest BCUT2D eigenvalue weighted by Crippen LogP contribution is -2.46. The molecule has 2 aromatic carbocycles. The van der Waals surface area contributed by atoms with E-state index in [1.54, 1.807) is 4.90 Å². The standard InChI is InChI=1S/C23H25FN2O4/c24-19-12-17(22-18(13-19)14-29-15-30-22)9-10-25-23(28)21(16-6-2-1-3-7-16)26-11-5-4-8-20(26)27/h1-3,6-7,12-13,21H,4-5,8-11,14-15H2,(H,25,28). The molecule has 7 heteroatoms. The number of rotatable bonds is 6. The first-order valence-electron chi connectivity index (χ1n) is 10.3. The molecule has 0 aromatic heterocycles. The van der Waals surface area contributed by atoms with Gasteiger partial charge in [0.15, 0.2) is 6.79 Å². The van der Waals surface area contributed by atoms with Crippen LogP contribution in [0.25, 0.3) is 0 Å². The molecule has 2 aromatic rings. The van der Waals surface area contributed by atoms with Crippen LogP contribution in [-0.2, 0) is 27.4 Å². The molecule has 0 saturated carbocycles. The lowest BCUT2D eigenvalue weighted by molar-refractivity contribution is -0.142. The van der Waals surface area contributed by atoms with Crippen molar-refractivity contribution in [3.8, 4) is 5.75 Å². The fraction of sp³-hybridized carbons (Fsp3) is 0.391. The molecule has 6 nitrogen and oxygen atoms in total. The van der Waals surface area contributed by atoms with Crippen molar-refractivity contribution in [2.45, 2.75) is 38.3 Å². The Labute approximate surface area is 175 Å². The van der Waals surface area contributed by atoms with Crippen LogP contribution in [0.3, 0.4) is 0 Å². The van der Waals surface area contributed by atoms with Gasteiger partial charge in [-0.1, -0.05) is 30.3 Å². The van der Waals surface area contributed by atoms with Gasteiger partial charge in [-0.15, -0.1) is 0 Å². The number of halogens is 1. The molecule has 0 radical (unpaired) electrons. The van der Waals surface area contributed by atoms with Gasteiger partial charge in [0.25, 0.3) is 0 Å². The highest BCUT2D eigenvalue weighted by atomic mass is 19.1. The van der Waals surface area contributed by atoms with Crippen LogP contribution in [0.15, 0.2) is 42.5 Å². The number of hydrogen-bond acceptors (Lipinski definition) is 4. The van der Waals surface area contributed by atoms with E-state index in [-0.39, 0.29) is 24.4 Å². The molecule has 1 atom stereocenters. The SMILES string of the molecule is O=C(NCCc1cc(F)cc2c1OCOC2)C(c1ccccc1)N1CCCCC1=O. The van der Waals surface area contributed by atoms with Gasteiger partial charge in [-0.2, -0.15) is 0 Å². The summed E-state index contributed by atoms with van der Waals surface area (Å²) in [6, 6.07) is 11.5. The van der Waals surface area contributed by atoms with E-state index in [1.807, 2.05) is 30.3 Å². The van der Waals surface area contributed by atoms with Crippen molar-refractivity contribution >= 4 is 11.8 Å². The summed E-state index contributed by atoms with van der Waals surface area (Å²) < 4.78 is 24.7. The highest BCUT2D eigenvalue weighted by molar-refractivity contribution is 5.89. The van der Waals surface area contributed by atoms with E-state index in [9.17, 15) is 14.0 Å². The van der Waals surface area contributed by atoms with Gasteiger partial charge in [-0.3, -0.25) is 9.59 Å². The number of nitrogens with one attached hydrogen (secondary N) is 1. The highest BCUT2D eigenvalue weighted by Gasteiger charge is 2.32. The Morgan fingerprint density at radius 3 is 2.83 bits per heavy atom. The molecule has 2 aliphatic rings. The van der Waals surface area contributed by atoms with E-state index < -0.39 is 6.04 Å². The van der Waals surface area contributed by atoms with E-state index in [4.69, 9.17) is 9.47 Å². The predicted molar refractivity (Wildman–Crippen MR) is 108 cm³/mol.